The van der Waals surface area contributed by atoms with Gasteiger partial charge >= 0.3 is 0 Å². The Morgan fingerprint density at radius 2 is 1.94 bits per heavy atom. The fourth-order valence-corrected chi connectivity index (χ4v) is 2.29. The van der Waals surface area contributed by atoms with Crippen molar-refractivity contribution in [3.8, 4) is 0 Å². The summed E-state index contributed by atoms with van der Waals surface area (Å²) in [4.78, 5) is 0.325. The normalized spacial score (nSPS) is 14.1. The Kier molecular flexibility index (Phi) is 4.07. The first-order valence-corrected chi connectivity index (χ1v) is 7.01. The van der Waals surface area contributed by atoms with Crippen molar-refractivity contribution in [2.24, 2.45) is 11.8 Å². The van der Waals surface area contributed by atoms with Crippen LogP contribution in [0.3, 0.4) is 0 Å². The van der Waals surface area contributed by atoms with Crippen LogP contribution in [0.15, 0.2) is 29.2 Å². The van der Waals surface area contributed by atoms with E-state index in [1.54, 1.807) is 18.2 Å². The lowest BCUT2D eigenvalue weighted by Gasteiger charge is -2.20. The van der Waals surface area contributed by atoms with Crippen molar-refractivity contribution < 1.29 is 8.42 Å². The largest absolute Gasteiger partial charge is 0.271 e. The van der Waals surface area contributed by atoms with Gasteiger partial charge in [0.15, 0.2) is 9.84 Å². The maximum absolute atomic E-state index is 11.4. The molecule has 0 fully saturated rings. The number of rotatable bonds is 4. The molecule has 0 saturated carbocycles. The molecule has 0 amide bonds. The Hall–Kier alpha value is -0.910. The zero-order valence-corrected chi connectivity index (χ0v) is 10.6. The van der Waals surface area contributed by atoms with E-state index in [1.165, 1.54) is 6.26 Å². The van der Waals surface area contributed by atoms with Gasteiger partial charge in [-0.25, -0.2) is 8.42 Å². The molecular weight excluding hydrogens is 224 g/mol. The summed E-state index contributed by atoms with van der Waals surface area (Å²) < 4.78 is 22.8. The van der Waals surface area contributed by atoms with Gasteiger partial charge in [0.05, 0.1) is 4.90 Å². The predicted octanol–water partition coefficient (Wildman–Crippen LogP) is 1.25. The Balaban J connectivity index is 3.17. The van der Waals surface area contributed by atoms with Crippen LogP contribution in [0, 0.1) is 5.92 Å². The van der Waals surface area contributed by atoms with Crippen LogP contribution in [-0.4, -0.2) is 14.7 Å². The molecule has 0 saturated heterocycles. The molecule has 0 heterocycles. The summed E-state index contributed by atoms with van der Waals surface area (Å²) in [6.07, 6.45) is 1.20. The lowest BCUT2D eigenvalue weighted by atomic mass is 9.97. The van der Waals surface area contributed by atoms with E-state index in [9.17, 15) is 8.42 Å². The molecule has 0 radical (unpaired) electrons. The Morgan fingerprint density at radius 1 is 1.31 bits per heavy atom. The van der Waals surface area contributed by atoms with Crippen molar-refractivity contribution in [3.05, 3.63) is 29.8 Å². The molecule has 0 aromatic heterocycles. The molecule has 0 aliphatic rings. The number of nitrogens with two attached hydrogens (primary N) is 1. The van der Waals surface area contributed by atoms with Crippen LogP contribution in [0.2, 0.25) is 0 Å². The molecule has 0 aliphatic carbocycles. The van der Waals surface area contributed by atoms with Gasteiger partial charge in [0.1, 0.15) is 0 Å². The van der Waals surface area contributed by atoms with Crippen LogP contribution in [0.1, 0.15) is 25.5 Å². The van der Waals surface area contributed by atoms with E-state index < -0.39 is 9.84 Å². The maximum Gasteiger partial charge on any atom is 0.175 e. The predicted molar refractivity (Wildman–Crippen MR) is 64.5 cm³/mol. The number of sulfone groups is 1. The number of hydrogen-bond donors (Lipinski definition) is 2. The fourth-order valence-electron chi connectivity index (χ4n) is 1.61. The quantitative estimate of drug-likeness (QED) is 0.615. The van der Waals surface area contributed by atoms with Gasteiger partial charge in [0.25, 0.3) is 0 Å². The van der Waals surface area contributed by atoms with Crippen LogP contribution in [0.4, 0.5) is 0 Å². The second-order valence-corrected chi connectivity index (χ2v) is 6.25. The average Bonchev–Trinajstić information content (AvgIpc) is 2.17. The lowest BCUT2D eigenvalue weighted by Crippen LogP contribution is -2.31. The molecule has 0 bridgehead atoms. The van der Waals surface area contributed by atoms with Crippen LogP contribution in [0.25, 0.3) is 0 Å². The summed E-state index contributed by atoms with van der Waals surface area (Å²) in [5, 5.41) is 0. The molecule has 16 heavy (non-hydrogen) atoms. The Bertz CT molecular complexity index is 455. The molecule has 1 atom stereocenters. The highest BCUT2D eigenvalue weighted by Crippen LogP contribution is 2.22. The lowest BCUT2D eigenvalue weighted by molar-refractivity contribution is 0.420. The molecule has 1 aromatic carbocycles. The van der Waals surface area contributed by atoms with Crippen LogP contribution in [-0.2, 0) is 9.84 Å². The molecule has 90 valence electrons. The summed E-state index contributed by atoms with van der Waals surface area (Å²) in [5.74, 6) is 5.76. The van der Waals surface area contributed by atoms with E-state index in [0.717, 1.165) is 5.56 Å². The van der Waals surface area contributed by atoms with Gasteiger partial charge in [0, 0.05) is 12.3 Å². The first kappa shape index (κ1) is 13.2. The van der Waals surface area contributed by atoms with Gasteiger partial charge in [-0.3, -0.25) is 11.3 Å². The van der Waals surface area contributed by atoms with E-state index in [1.807, 2.05) is 19.9 Å². The molecule has 4 nitrogen and oxygen atoms in total. The fraction of sp³-hybridized carbons (Fsp3) is 0.455. The summed E-state index contributed by atoms with van der Waals surface area (Å²) >= 11 is 0. The van der Waals surface area contributed by atoms with Gasteiger partial charge in [-0.15, -0.1) is 0 Å². The minimum absolute atomic E-state index is 0.0401. The highest BCUT2D eigenvalue weighted by molar-refractivity contribution is 7.90. The zero-order valence-electron chi connectivity index (χ0n) is 9.77. The van der Waals surface area contributed by atoms with Crippen LogP contribution < -0.4 is 11.3 Å². The molecule has 1 rings (SSSR count). The van der Waals surface area contributed by atoms with Crippen LogP contribution >= 0.6 is 0 Å². The third kappa shape index (κ3) is 3.04. The number of hydrogen-bond acceptors (Lipinski definition) is 4. The highest BCUT2D eigenvalue weighted by Gasteiger charge is 2.16. The molecule has 0 aliphatic heterocycles. The standard InChI is InChI=1S/C11H18N2O2S/c1-8(2)11(13-12)9-5-4-6-10(7-9)16(3,14)15/h4-8,11,13H,12H2,1-3H3. The second-order valence-electron chi connectivity index (χ2n) is 4.23. The van der Waals surface area contributed by atoms with Crippen molar-refractivity contribution >= 4 is 9.84 Å². The van der Waals surface area contributed by atoms with Gasteiger partial charge in [0.2, 0.25) is 0 Å². The first-order valence-electron chi connectivity index (χ1n) is 5.12. The number of benzene rings is 1. The molecule has 3 N–H and O–H groups in total. The average molecular weight is 242 g/mol. The first-order chi connectivity index (χ1) is 7.36. The van der Waals surface area contributed by atoms with Crippen molar-refractivity contribution in [1.82, 2.24) is 5.43 Å². The maximum atomic E-state index is 11.4. The van der Waals surface area contributed by atoms with Gasteiger partial charge in [-0.1, -0.05) is 26.0 Å². The van der Waals surface area contributed by atoms with Crippen molar-refractivity contribution in [3.63, 3.8) is 0 Å². The smallest absolute Gasteiger partial charge is 0.175 e. The minimum Gasteiger partial charge on any atom is -0.271 e. The van der Waals surface area contributed by atoms with Crippen molar-refractivity contribution in [2.75, 3.05) is 6.26 Å². The summed E-state index contributed by atoms with van der Waals surface area (Å²) in [5.41, 5.74) is 3.59. The van der Waals surface area contributed by atoms with E-state index in [0.29, 0.717) is 10.8 Å². The van der Waals surface area contributed by atoms with Crippen LogP contribution in [0.5, 0.6) is 0 Å². The number of nitrogens with one attached hydrogen (secondary N) is 1. The molecule has 5 heteroatoms. The molecule has 1 aromatic rings. The molecule has 1 unspecified atom stereocenters. The molecule has 0 spiro atoms. The topological polar surface area (TPSA) is 72.2 Å². The van der Waals surface area contributed by atoms with E-state index >= 15 is 0 Å². The minimum atomic E-state index is -3.16. The van der Waals surface area contributed by atoms with E-state index in [-0.39, 0.29) is 6.04 Å². The molecular formula is C11H18N2O2S. The Labute approximate surface area is 96.7 Å². The van der Waals surface area contributed by atoms with E-state index in [4.69, 9.17) is 5.84 Å². The third-order valence-electron chi connectivity index (χ3n) is 2.49. The summed E-state index contributed by atoms with van der Waals surface area (Å²) in [6, 6.07) is 6.83. The van der Waals surface area contributed by atoms with Gasteiger partial charge in [-0.05, 0) is 23.6 Å². The highest BCUT2D eigenvalue weighted by atomic mass is 32.2. The van der Waals surface area contributed by atoms with Crippen molar-refractivity contribution in [1.29, 1.82) is 0 Å². The zero-order chi connectivity index (χ0) is 12.3. The summed E-state index contributed by atoms with van der Waals surface area (Å²) in [6.45, 7) is 4.05. The van der Waals surface area contributed by atoms with E-state index in [2.05, 4.69) is 5.43 Å². The second kappa shape index (κ2) is 4.95. The van der Waals surface area contributed by atoms with Gasteiger partial charge < -0.3 is 0 Å². The monoisotopic (exact) mass is 242 g/mol. The SMILES string of the molecule is CC(C)C(NN)c1cccc(S(C)(=O)=O)c1. The van der Waals surface area contributed by atoms with Crippen molar-refractivity contribution in [2.45, 2.75) is 24.8 Å². The number of hydrazine groups is 1. The third-order valence-corrected chi connectivity index (χ3v) is 3.60. The Morgan fingerprint density at radius 3 is 2.38 bits per heavy atom. The summed E-state index contributed by atoms with van der Waals surface area (Å²) in [7, 11) is -3.16. The van der Waals surface area contributed by atoms with Gasteiger partial charge in [-0.2, -0.15) is 0 Å².